The van der Waals surface area contributed by atoms with Crippen molar-refractivity contribution in [2.24, 2.45) is 11.8 Å². The van der Waals surface area contributed by atoms with Gasteiger partial charge < -0.3 is 9.88 Å². The molecule has 0 amide bonds. The second-order valence-electron chi connectivity index (χ2n) is 10.7. The lowest BCUT2D eigenvalue weighted by Gasteiger charge is -2.25. The van der Waals surface area contributed by atoms with E-state index in [0.717, 1.165) is 67.5 Å². The van der Waals surface area contributed by atoms with Crippen molar-refractivity contribution in [3.8, 4) is 17.6 Å². The Kier molecular flexibility index (Phi) is 7.31. The van der Waals surface area contributed by atoms with Crippen LogP contribution in [0.4, 0.5) is 5.82 Å². The van der Waals surface area contributed by atoms with E-state index < -0.39 is 0 Å². The number of hydrogen-bond acceptors (Lipinski definition) is 6. The van der Waals surface area contributed by atoms with Crippen LogP contribution in [0.2, 0.25) is 0 Å². The Labute approximate surface area is 214 Å². The van der Waals surface area contributed by atoms with Gasteiger partial charge in [-0.1, -0.05) is 51.7 Å². The van der Waals surface area contributed by atoms with E-state index >= 15 is 0 Å². The van der Waals surface area contributed by atoms with Crippen molar-refractivity contribution >= 4 is 17.0 Å². The van der Waals surface area contributed by atoms with E-state index in [-0.39, 0.29) is 5.82 Å². The van der Waals surface area contributed by atoms with Crippen LogP contribution in [0.3, 0.4) is 0 Å². The van der Waals surface area contributed by atoms with E-state index in [1.807, 2.05) is 6.20 Å². The highest BCUT2D eigenvalue weighted by Crippen LogP contribution is 2.34. The van der Waals surface area contributed by atoms with Crippen molar-refractivity contribution in [3.63, 3.8) is 0 Å². The third-order valence-corrected chi connectivity index (χ3v) is 7.96. The Morgan fingerprint density at radius 3 is 2.69 bits per heavy atom. The van der Waals surface area contributed by atoms with Crippen LogP contribution in [0.15, 0.2) is 30.0 Å². The molecule has 2 aliphatic carbocycles. The van der Waals surface area contributed by atoms with E-state index in [9.17, 15) is 5.26 Å². The van der Waals surface area contributed by atoms with Gasteiger partial charge in [-0.05, 0) is 67.6 Å². The molecule has 1 fully saturated rings. The molecule has 3 heterocycles. The minimum atomic E-state index is 0.155. The van der Waals surface area contributed by atoms with E-state index in [0.29, 0.717) is 17.5 Å². The first-order chi connectivity index (χ1) is 17.6. The Bertz CT molecular complexity index is 1290. The average molecular weight is 484 g/mol. The number of hydrogen-bond donors (Lipinski definition) is 1. The highest BCUT2D eigenvalue weighted by molar-refractivity contribution is 5.87. The van der Waals surface area contributed by atoms with Crippen LogP contribution < -0.4 is 5.32 Å². The zero-order valence-corrected chi connectivity index (χ0v) is 21.8. The molecule has 0 saturated heterocycles. The molecule has 2 aliphatic rings. The van der Waals surface area contributed by atoms with Crippen molar-refractivity contribution in [2.75, 3.05) is 11.9 Å². The van der Waals surface area contributed by atoms with Crippen LogP contribution in [0.25, 0.3) is 22.7 Å². The zero-order chi connectivity index (χ0) is 25.1. The van der Waals surface area contributed by atoms with Gasteiger partial charge in [0, 0.05) is 19.3 Å². The standard InChI is InChI=1S/C29H37N7/c1-4-20-8-10-22(11-9-20)18-36-26-27(32-14-12-21-6-5-7-21)33-25(17-30)34-28(26)35-29(36)24-16-23(19(2)3)13-15-31-24/h8,13,15-16,19,21-22H,4-7,9-12,14,18H2,1-3H3,(H,32,33,34)/t22-/m0/s1. The first-order valence-corrected chi connectivity index (χ1v) is 13.6. The number of rotatable bonds is 9. The average Bonchev–Trinajstić information content (AvgIpc) is 3.24. The molecule has 1 saturated carbocycles. The molecular weight excluding hydrogens is 446 g/mol. The van der Waals surface area contributed by atoms with E-state index in [1.165, 1.54) is 31.2 Å². The summed E-state index contributed by atoms with van der Waals surface area (Å²) in [5.41, 5.74) is 5.10. The predicted molar refractivity (Wildman–Crippen MR) is 144 cm³/mol. The first-order valence-electron chi connectivity index (χ1n) is 13.6. The van der Waals surface area contributed by atoms with Gasteiger partial charge in [-0.25, -0.2) is 4.98 Å². The molecule has 36 heavy (non-hydrogen) atoms. The van der Waals surface area contributed by atoms with Crippen molar-refractivity contribution in [1.29, 1.82) is 5.26 Å². The second-order valence-corrected chi connectivity index (χ2v) is 10.7. The quantitative estimate of drug-likeness (QED) is 0.344. The molecule has 3 aromatic rings. The molecular formula is C29H37N7. The SMILES string of the molecule is CCC1=CC[C@H](Cn2c(-c3cc(C(C)C)ccn3)nc3nc(C#N)nc(NCCC4CCC4)c32)CC1. The fraction of sp³-hybridized carbons (Fsp3) is 0.552. The summed E-state index contributed by atoms with van der Waals surface area (Å²) in [6.07, 6.45) is 13.9. The number of pyridine rings is 1. The normalized spacial score (nSPS) is 18.2. The molecule has 0 aromatic carbocycles. The molecule has 3 aromatic heterocycles. The van der Waals surface area contributed by atoms with E-state index in [1.54, 1.807) is 5.57 Å². The Morgan fingerprint density at radius 1 is 1.17 bits per heavy atom. The third kappa shape index (κ3) is 5.13. The zero-order valence-electron chi connectivity index (χ0n) is 21.8. The summed E-state index contributed by atoms with van der Waals surface area (Å²) in [6.45, 7) is 8.30. The highest BCUT2D eigenvalue weighted by atomic mass is 15.2. The Morgan fingerprint density at radius 2 is 2.03 bits per heavy atom. The van der Waals surface area contributed by atoms with Gasteiger partial charge in [-0.3, -0.25) is 4.98 Å². The van der Waals surface area contributed by atoms with Gasteiger partial charge in [0.1, 0.15) is 17.3 Å². The number of nitriles is 1. The molecule has 1 N–H and O–H groups in total. The topological polar surface area (TPSA) is 92.3 Å². The van der Waals surface area contributed by atoms with Gasteiger partial charge >= 0.3 is 0 Å². The maximum Gasteiger partial charge on any atom is 0.236 e. The number of anilines is 1. The summed E-state index contributed by atoms with van der Waals surface area (Å²) in [4.78, 5) is 18.8. The smallest absolute Gasteiger partial charge is 0.236 e. The summed E-state index contributed by atoms with van der Waals surface area (Å²) in [7, 11) is 0. The second kappa shape index (κ2) is 10.8. The van der Waals surface area contributed by atoms with Crippen LogP contribution in [0.1, 0.15) is 89.4 Å². The summed E-state index contributed by atoms with van der Waals surface area (Å²) in [5, 5.41) is 13.2. The summed E-state index contributed by atoms with van der Waals surface area (Å²) in [5.74, 6) is 3.40. The summed E-state index contributed by atoms with van der Waals surface area (Å²) in [6, 6.07) is 6.34. The monoisotopic (exact) mass is 483 g/mol. The van der Waals surface area contributed by atoms with Crippen LogP contribution in [-0.4, -0.2) is 31.0 Å². The fourth-order valence-corrected chi connectivity index (χ4v) is 5.37. The molecule has 0 spiro atoms. The van der Waals surface area contributed by atoms with Gasteiger partial charge in [-0.15, -0.1) is 0 Å². The molecule has 1 atom stereocenters. The lowest BCUT2D eigenvalue weighted by Crippen LogP contribution is -2.18. The van der Waals surface area contributed by atoms with Crippen molar-refractivity contribution < 1.29 is 0 Å². The van der Waals surface area contributed by atoms with Crippen LogP contribution >= 0.6 is 0 Å². The molecule has 7 nitrogen and oxygen atoms in total. The maximum atomic E-state index is 9.63. The number of fused-ring (bicyclic) bond motifs is 1. The fourth-order valence-electron chi connectivity index (χ4n) is 5.37. The van der Waals surface area contributed by atoms with Crippen molar-refractivity contribution in [1.82, 2.24) is 24.5 Å². The minimum Gasteiger partial charge on any atom is -0.368 e. The van der Waals surface area contributed by atoms with Gasteiger partial charge in [0.2, 0.25) is 5.82 Å². The lowest BCUT2D eigenvalue weighted by atomic mass is 9.83. The summed E-state index contributed by atoms with van der Waals surface area (Å²) < 4.78 is 2.27. The number of aromatic nitrogens is 5. The van der Waals surface area contributed by atoms with E-state index in [2.05, 4.69) is 64.9 Å². The summed E-state index contributed by atoms with van der Waals surface area (Å²) >= 11 is 0. The van der Waals surface area contributed by atoms with Gasteiger partial charge in [0.05, 0.1) is 0 Å². The van der Waals surface area contributed by atoms with Crippen LogP contribution in [0, 0.1) is 23.2 Å². The molecule has 0 aliphatic heterocycles. The van der Waals surface area contributed by atoms with Gasteiger partial charge in [0.25, 0.3) is 0 Å². The van der Waals surface area contributed by atoms with E-state index in [4.69, 9.17) is 9.97 Å². The molecule has 0 radical (unpaired) electrons. The molecule has 0 bridgehead atoms. The van der Waals surface area contributed by atoms with Gasteiger partial charge in [-0.2, -0.15) is 15.2 Å². The number of imidazole rings is 1. The largest absolute Gasteiger partial charge is 0.368 e. The molecule has 5 rings (SSSR count). The minimum absolute atomic E-state index is 0.155. The number of nitrogens with one attached hydrogen (secondary N) is 1. The predicted octanol–water partition coefficient (Wildman–Crippen LogP) is 6.62. The Hall–Kier alpha value is -3.27. The molecule has 7 heteroatoms. The Balaban J connectivity index is 1.58. The van der Waals surface area contributed by atoms with Crippen LogP contribution in [-0.2, 0) is 6.54 Å². The number of nitrogens with zero attached hydrogens (tertiary/aromatic N) is 6. The molecule has 0 unspecified atom stereocenters. The lowest BCUT2D eigenvalue weighted by molar-refractivity contribution is 0.303. The van der Waals surface area contributed by atoms with Crippen molar-refractivity contribution in [3.05, 3.63) is 41.4 Å². The molecule has 188 valence electrons. The first kappa shape index (κ1) is 24.4. The highest BCUT2D eigenvalue weighted by Gasteiger charge is 2.24. The van der Waals surface area contributed by atoms with Crippen molar-refractivity contribution in [2.45, 2.75) is 84.6 Å². The maximum absolute atomic E-state index is 9.63. The van der Waals surface area contributed by atoms with Crippen LogP contribution in [0.5, 0.6) is 0 Å². The third-order valence-electron chi connectivity index (χ3n) is 7.96. The number of allylic oxidation sites excluding steroid dienone is 2. The van der Waals surface area contributed by atoms with Gasteiger partial charge in [0.15, 0.2) is 17.3 Å².